The summed E-state index contributed by atoms with van der Waals surface area (Å²) >= 11 is 1.48. The van der Waals surface area contributed by atoms with Crippen LogP contribution >= 0.6 is 11.3 Å². The molecular formula is C17H19N3O3S. The molecule has 24 heavy (non-hydrogen) atoms. The Hall–Kier alpha value is -2.12. The molecule has 0 aliphatic carbocycles. The Morgan fingerprint density at radius 2 is 2.17 bits per heavy atom. The van der Waals surface area contributed by atoms with Crippen LogP contribution in [0.15, 0.2) is 23.6 Å². The molecule has 0 spiro atoms. The molecule has 1 aromatic heterocycles. The molecule has 1 fully saturated rings. The molecular weight excluding hydrogens is 326 g/mol. The van der Waals surface area contributed by atoms with Crippen molar-refractivity contribution < 1.29 is 14.3 Å². The van der Waals surface area contributed by atoms with Gasteiger partial charge < -0.3 is 19.7 Å². The van der Waals surface area contributed by atoms with E-state index < -0.39 is 0 Å². The zero-order chi connectivity index (χ0) is 16.5. The first-order valence-corrected chi connectivity index (χ1v) is 8.97. The van der Waals surface area contributed by atoms with Gasteiger partial charge in [-0.1, -0.05) is 0 Å². The van der Waals surface area contributed by atoms with Crippen LogP contribution in [0.4, 0.5) is 0 Å². The number of thiazole rings is 1. The lowest BCUT2D eigenvalue weighted by Crippen LogP contribution is -2.52. The maximum absolute atomic E-state index is 12.7. The molecule has 6 nitrogen and oxygen atoms in total. The number of rotatable bonds is 2. The molecule has 4 rings (SSSR count). The largest absolute Gasteiger partial charge is 0.486 e. The normalized spacial score (nSPS) is 20.0. The van der Waals surface area contributed by atoms with Crippen molar-refractivity contribution >= 4 is 17.2 Å². The smallest absolute Gasteiger partial charge is 0.273 e. The highest BCUT2D eigenvalue weighted by atomic mass is 32.1. The zero-order valence-electron chi connectivity index (χ0n) is 13.4. The Kier molecular flexibility index (Phi) is 4.12. The molecule has 2 aliphatic rings. The summed E-state index contributed by atoms with van der Waals surface area (Å²) in [7, 11) is 0. The minimum Gasteiger partial charge on any atom is -0.486 e. The summed E-state index contributed by atoms with van der Waals surface area (Å²) in [6.45, 7) is 5.55. The van der Waals surface area contributed by atoms with E-state index in [1.165, 1.54) is 11.3 Å². The number of ether oxygens (including phenoxy) is 2. The van der Waals surface area contributed by atoms with Crippen LogP contribution < -0.4 is 14.8 Å². The second-order valence-electron chi connectivity index (χ2n) is 5.95. The number of nitrogens with zero attached hydrogens (tertiary/aromatic N) is 2. The molecule has 7 heteroatoms. The summed E-state index contributed by atoms with van der Waals surface area (Å²) in [5.41, 5.74) is 1.45. The summed E-state index contributed by atoms with van der Waals surface area (Å²) in [6, 6.07) is 5.96. The minimum atomic E-state index is 0.00374. The van der Waals surface area contributed by atoms with Crippen molar-refractivity contribution in [3.05, 3.63) is 29.3 Å². The SMILES string of the molecule is CC1CNCCN1C(=O)c1csc(-c2ccc3c(c2)OCCO3)n1. The third kappa shape index (κ3) is 2.85. The van der Waals surface area contributed by atoms with Crippen LogP contribution in [0.2, 0.25) is 0 Å². The van der Waals surface area contributed by atoms with Crippen molar-refractivity contribution in [2.75, 3.05) is 32.8 Å². The number of hydrogen-bond donors (Lipinski definition) is 1. The molecule has 0 radical (unpaired) electrons. The predicted octanol–water partition coefficient (Wildman–Crippen LogP) is 2.02. The van der Waals surface area contributed by atoms with Gasteiger partial charge in [-0.05, 0) is 25.1 Å². The summed E-state index contributed by atoms with van der Waals surface area (Å²) in [6.07, 6.45) is 0. The Balaban J connectivity index is 1.57. The van der Waals surface area contributed by atoms with Crippen LogP contribution in [0, 0.1) is 0 Å². The van der Waals surface area contributed by atoms with Gasteiger partial charge in [0.25, 0.3) is 5.91 Å². The third-order valence-electron chi connectivity index (χ3n) is 4.27. The van der Waals surface area contributed by atoms with Gasteiger partial charge >= 0.3 is 0 Å². The quantitative estimate of drug-likeness (QED) is 0.902. The summed E-state index contributed by atoms with van der Waals surface area (Å²) in [4.78, 5) is 19.1. The topological polar surface area (TPSA) is 63.7 Å². The lowest BCUT2D eigenvalue weighted by molar-refractivity contribution is 0.0650. The second-order valence-corrected chi connectivity index (χ2v) is 6.81. The Morgan fingerprint density at radius 1 is 1.33 bits per heavy atom. The fourth-order valence-electron chi connectivity index (χ4n) is 2.97. The van der Waals surface area contributed by atoms with E-state index in [4.69, 9.17) is 9.47 Å². The standard InChI is InChI=1S/C17H19N3O3S/c1-11-9-18-4-5-20(11)17(21)13-10-24-16(19-13)12-2-3-14-15(8-12)23-7-6-22-14/h2-3,8,10-11,18H,4-7,9H2,1H3. The maximum atomic E-state index is 12.7. The van der Waals surface area contributed by atoms with Gasteiger partial charge in [-0.2, -0.15) is 0 Å². The number of aromatic nitrogens is 1. The van der Waals surface area contributed by atoms with Gasteiger partial charge in [0.2, 0.25) is 0 Å². The molecule has 1 N–H and O–H groups in total. The van der Waals surface area contributed by atoms with Gasteiger partial charge in [-0.3, -0.25) is 4.79 Å². The molecule has 0 bridgehead atoms. The molecule has 1 saturated heterocycles. The monoisotopic (exact) mass is 345 g/mol. The number of carbonyl (C=O) groups excluding carboxylic acids is 1. The molecule has 1 unspecified atom stereocenters. The number of amides is 1. The molecule has 1 amide bonds. The van der Waals surface area contributed by atoms with E-state index in [2.05, 4.69) is 17.2 Å². The number of nitrogens with one attached hydrogen (secondary N) is 1. The van der Waals surface area contributed by atoms with Crippen LogP contribution in [0.5, 0.6) is 11.5 Å². The van der Waals surface area contributed by atoms with Gasteiger partial charge in [-0.15, -0.1) is 11.3 Å². The molecule has 1 atom stereocenters. The Bertz CT molecular complexity index is 761. The highest BCUT2D eigenvalue weighted by Gasteiger charge is 2.26. The van der Waals surface area contributed by atoms with Crippen LogP contribution in [-0.2, 0) is 0 Å². The first-order chi connectivity index (χ1) is 11.7. The van der Waals surface area contributed by atoms with Crippen LogP contribution in [0.25, 0.3) is 10.6 Å². The molecule has 2 aliphatic heterocycles. The van der Waals surface area contributed by atoms with Gasteiger partial charge in [0.05, 0.1) is 0 Å². The Morgan fingerprint density at radius 3 is 3.00 bits per heavy atom. The van der Waals surface area contributed by atoms with E-state index in [-0.39, 0.29) is 11.9 Å². The molecule has 1 aromatic carbocycles. The molecule has 3 heterocycles. The van der Waals surface area contributed by atoms with Crippen molar-refractivity contribution in [3.8, 4) is 22.1 Å². The van der Waals surface area contributed by atoms with E-state index in [0.717, 1.165) is 41.7 Å². The molecule has 2 aromatic rings. The van der Waals surface area contributed by atoms with Crippen molar-refractivity contribution in [2.45, 2.75) is 13.0 Å². The van der Waals surface area contributed by atoms with E-state index in [0.29, 0.717) is 18.9 Å². The average Bonchev–Trinajstić information content (AvgIpc) is 3.11. The fraction of sp³-hybridized carbons (Fsp3) is 0.412. The first-order valence-electron chi connectivity index (χ1n) is 8.09. The number of benzene rings is 1. The predicted molar refractivity (Wildman–Crippen MR) is 91.9 cm³/mol. The van der Waals surface area contributed by atoms with Crippen LogP contribution in [-0.4, -0.2) is 54.7 Å². The lowest BCUT2D eigenvalue weighted by atomic mass is 10.2. The number of fused-ring (bicyclic) bond motifs is 1. The summed E-state index contributed by atoms with van der Waals surface area (Å²) in [5, 5.41) is 5.95. The number of carbonyl (C=O) groups is 1. The minimum absolute atomic E-state index is 0.00374. The first kappa shape index (κ1) is 15.4. The van der Waals surface area contributed by atoms with Gasteiger partial charge in [0.15, 0.2) is 11.5 Å². The average molecular weight is 345 g/mol. The van der Waals surface area contributed by atoms with Crippen molar-refractivity contribution in [2.24, 2.45) is 0 Å². The van der Waals surface area contributed by atoms with E-state index in [1.54, 1.807) is 0 Å². The Labute approximate surface area is 144 Å². The lowest BCUT2D eigenvalue weighted by Gasteiger charge is -2.33. The highest BCUT2D eigenvalue weighted by molar-refractivity contribution is 7.13. The van der Waals surface area contributed by atoms with E-state index in [9.17, 15) is 4.79 Å². The summed E-state index contributed by atoms with van der Waals surface area (Å²) < 4.78 is 11.2. The van der Waals surface area contributed by atoms with Crippen LogP contribution in [0.1, 0.15) is 17.4 Å². The van der Waals surface area contributed by atoms with E-state index in [1.807, 2.05) is 28.5 Å². The molecule has 126 valence electrons. The third-order valence-corrected chi connectivity index (χ3v) is 5.17. The van der Waals surface area contributed by atoms with Crippen LogP contribution in [0.3, 0.4) is 0 Å². The van der Waals surface area contributed by atoms with Gasteiger partial charge in [0.1, 0.15) is 23.9 Å². The fourth-order valence-corrected chi connectivity index (χ4v) is 3.76. The second kappa shape index (κ2) is 6.41. The van der Waals surface area contributed by atoms with E-state index >= 15 is 0 Å². The van der Waals surface area contributed by atoms with Gasteiger partial charge in [-0.25, -0.2) is 4.98 Å². The highest BCUT2D eigenvalue weighted by Crippen LogP contribution is 2.35. The number of hydrogen-bond acceptors (Lipinski definition) is 6. The maximum Gasteiger partial charge on any atom is 0.273 e. The van der Waals surface area contributed by atoms with Crippen molar-refractivity contribution in [1.82, 2.24) is 15.2 Å². The number of piperazine rings is 1. The van der Waals surface area contributed by atoms with Crippen molar-refractivity contribution in [1.29, 1.82) is 0 Å². The van der Waals surface area contributed by atoms with Gasteiger partial charge in [0, 0.05) is 36.6 Å². The molecule has 0 saturated carbocycles. The summed E-state index contributed by atoms with van der Waals surface area (Å²) in [5.74, 6) is 1.49. The van der Waals surface area contributed by atoms with Crippen molar-refractivity contribution in [3.63, 3.8) is 0 Å². The zero-order valence-corrected chi connectivity index (χ0v) is 14.3.